The number of thioether (sulfide) groups is 2. The number of ketones is 1. The largest absolute Gasteiger partial charge is 0.356 e. The highest BCUT2D eigenvalue weighted by atomic mass is 32.2. The molecule has 0 saturated heterocycles. The average molecular weight is 486 g/mol. The van der Waals surface area contributed by atoms with E-state index in [9.17, 15) is 9.59 Å². The second-order valence-corrected chi connectivity index (χ2v) is 11.1. The van der Waals surface area contributed by atoms with Gasteiger partial charge in [-0.05, 0) is 29.0 Å². The highest BCUT2D eigenvalue weighted by molar-refractivity contribution is 8.03. The van der Waals surface area contributed by atoms with Crippen LogP contribution in [0.2, 0.25) is 0 Å². The first-order valence-electron chi connectivity index (χ1n) is 10.4. The van der Waals surface area contributed by atoms with Crippen LogP contribution in [0.15, 0.2) is 57.2 Å². The van der Waals surface area contributed by atoms with Gasteiger partial charge in [-0.25, -0.2) is 0 Å². The van der Waals surface area contributed by atoms with E-state index in [1.807, 2.05) is 24.3 Å². The van der Waals surface area contributed by atoms with Gasteiger partial charge in [0.05, 0.1) is 5.75 Å². The van der Waals surface area contributed by atoms with Gasteiger partial charge in [-0.15, -0.1) is 10.2 Å². The van der Waals surface area contributed by atoms with Crippen LogP contribution in [0.1, 0.15) is 53.7 Å². The summed E-state index contributed by atoms with van der Waals surface area (Å²) < 4.78 is 1.72. The van der Waals surface area contributed by atoms with Crippen molar-refractivity contribution in [1.29, 1.82) is 0 Å². The summed E-state index contributed by atoms with van der Waals surface area (Å²) in [7, 11) is 0. The number of amides is 1. The van der Waals surface area contributed by atoms with Crippen LogP contribution in [0.3, 0.4) is 0 Å². The monoisotopic (exact) mass is 485 g/mol. The van der Waals surface area contributed by atoms with E-state index in [0.29, 0.717) is 23.8 Å². The number of aromatic nitrogens is 2. The van der Waals surface area contributed by atoms with E-state index in [0.717, 1.165) is 26.4 Å². The minimum Gasteiger partial charge on any atom is -0.356 e. The molecule has 3 rings (SSSR count). The molecule has 0 bridgehead atoms. The van der Waals surface area contributed by atoms with Crippen molar-refractivity contribution in [3.63, 3.8) is 0 Å². The predicted molar refractivity (Wildman–Crippen MR) is 134 cm³/mol. The van der Waals surface area contributed by atoms with Gasteiger partial charge in [0, 0.05) is 24.8 Å². The molecule has 8 heteroatoms. The molecular formula is C24H27N3O2S3. The predicted octanol–water partition coefficient (Wildman–Crippen LogP) is 5.61. The molecule has 0 aliphatic heterocycles. The molecule has 0 aliphatic carbocycles. The van der Waals surface area contributed by atoms with Gasteiger partial charge in [-0.3, -0.25) is 9.59 Å². The van der Waals surface area contributed by atoms with Gasteiger partial charge in [-0.1, -0.05) is 97.2 Å². The van der Waals surface area contributed by atoms with Crippen molar-refractivity contribution in [2.24, 2.45) is 0 Å². The average Bonchev–Trinajstić information content (AvgIpc) is 3.24. The summed E-state index contributed by atoms with van der Waals surface area (Å²) in [6, 6.07) is 16.3. The lowest BCUT2D eigenvalue weighted by atomic mass is 10.0. The Balaban J connectivity index is 1.44. The second kappa shape index (κ2) is 12.2. The smallest absolute Gasteiger partial charge is 0.216 e. The number of rotatable bonds is 11. The lowest BCUT2D eigenvalue weighted by molar-refractivity contribution is -0.118. The fourth-order valence-corrected chi connectivity index (χ4v) is 5.78. The molecule has 0 atom stereocenters. The number of benzene rings is 2. The molecule has 0 spiro atoms. The van der Waals surface area contributed by atoms with E-state index < -0.39 is 0 Å². The normalized spacial score (nSPS) is 11.0. The van der Waals surface area contributed by atoms with E-state index in [4.69, 9.17) is 0 Å². The van der Waals surface area contributed by atoms with Crippen molar-refractivity contribution < 1.29 is 9.59 Å². The first-order valence-corrected chi connectivity index (χ1v) is 13.2. The molecule has 1 amide bonds. The van der Waals surface area contributed by atoms with Crippen LogP contribution < -0.4 is 5.32 Å². The van der Waals surface area contributed by atoms with Gasteiger partial charge < -0.3 is 5.32 Å². The van der Waals surface area contributed by atoms with Crippen LogP contribution in [-0.4, -0.2) is 34.2 Å². The SMILES string of the molecule is CC(=O)NCCc1ccc(C(=O)CSc2nnc(SCc3ccc(C(C)C)cc3)s2)cc1. The van der Waals surface area contributed by atoms with E-state index >= 15 is 0 Å². The third-order valence-corrected chi connectivity index (χ3v) is 8.05. The van der Waals surface area contributed by atoms with Gasteiger partial charge in [0.15, 0.2) is 14.5 Å². The number of nitrogens with zero attached hydrogens (tertiary/aromatic N) is 2. The van der Waals surface area contributed by atoms with E-state index in [1.165, 1.54) is 41.1 Å². The van der Waals surface area contributed by atoms with Gasteiger partial charge in [0.25, 0.3) is 0 Å². The van der Waals surface area contributed by atoms with Crippen molar-refractivity contribution in [3.8, 4) is 0 Å². The quantitative estimate of drug-likeness (QED) is 0.281. The van der Waals surface area contributed by atoms with Gasteiger partial charge in [-0.2, -0.15) is 0 Å². The summed E-state index contributed by atoms with van der Waals surface area (Å²) in [5, 5.41) is 11.2. The Morgan fingerprint density at radius 1 is 0.938 bits per heavy atom. The summed E-state index contributed by atoms with van der Waals surface area (Å²) in [5.41, 5.74) is 4.38. The summed E-state index contributed by atoms with van der Waals surface area (Å²) in [4.78, 5) is 23.4. The van der Waals surface area contributed by atoms with Crippen molar-refractivity contribution in [2.45, 2.75) is 47.5 Å². The maximum Gasteiger partial charge on any atom is 0.216 e. The summed E-state index contributed by atoms with van der Waals surface area (Å²) in [6.07, 6.45) is 0.746. The highest BCUT2D eigenvalue weighted by Gasteiger charge is 2.11. The standard InChI is InChI=1S/C24H27N3O2S3/c1-16(2)20-8-6-19(7-9-20)14-30-23-26-27-24(32-23)31-15-22(29)21-10-4-18(5-11-21)12-13-25-17(3)28/h4-11,16H,12-15H2,1-3H3,(H,25,28). The number of hydrogen-bond acceptors (Lipinski definition) is 7. The maximum atomic E-state index is 12.5. The van der Waals surface area contributed by atoms with Gasteiger partial charge in [0.1, 0.15) is 0 Å². The maximum absolute atomic E-state index is 12.5. The van der Waals surface area contributed by atoms with E-state index in [-0.39, 0.29) is 11.7 Å². The molecule has 0 fully saturated rings. The van der Waals surface area contributed by atoms with Gasteiger partial charge in [0.2, 0.25) is 5.91 Å². The number of nitrogens with one attached hydrogen (secondary N) is 1. The van der Waals surface area contributed by atoms with E-state index in [1.54, 1.807) is 11.8 Å². The van der Waals surface area contributed by atoms with Crippen LogP contribution >= 0.6 is 34.9 Å². The molecular weight excluding hydrogens is 458 g/mol. The molecule has 168 valence electrons. The minimum atomic E-state index is -0.0349. The third-order valence-electron chi connectivity index (χ3n) is 4.79. The Bertz CT molecular complexity index is 1030. The summed E-state index contributed by atoms with van der Waals surface area (Å²) in [5.74, 6) is 1.76. The van der Waals surface area contributed by atoms with Crippen LogP contribution in [0.5, 0.6) is 0 Å². The fraction of sp³-hybridized carbons (Fsp3) is 0.333. The molecule has 0 radical (unpaired) electrons. The number of carbonyl (C=O) groups is 2. The molecule has 1 heterocycles. The molecule has 1 N–H and O–H groups in total. The second-order valence-electron chi connectivity index (χ2n) is 7.66. The highest BCUT2D eigenvalue weighted by Crippen LogP contribution is 2.31. The first-order chi connectivity index (χ1) is 15.4. The molecule has 1 aromatic heterocycles. The van der Waals surface area contributed by atoms with Crippen LogP contribution in [-0.2, 0) is 17.0 Å². The summed E-state index contributed by atoms with van der Waals surface area (Å²) >= 11 is 4.62. The molecule has 0 saturated carbocycles. The molecule has 0 unspecified atom stereocenters. The molecule has 32 heavy (non-hydrogen) atoms. The zero-order valence-electron chi connectivity index (χ0n) is 18.5. The Morgan fingerprint density at radius 2 is 1.56 bits per heavy atom. The Kier molecular flexibility index (Phi) is 9.32. The topological polar surface area (TPSA) is 72.0 Å². The molecule has 3 aromatic rings. The zero-order chi connectivity index (χ0) is 22.9. The summed E-state index contributed by atoms with van der Waals surface area (Å²) in [6.45, 7) is 6.49. The Morgan fingerprint density at radius 3 is 2.19 bits per heavy atom. The number of hydrogen-bond donors (Lipinski definition) is 1. The lowest BCUT2D eigenvalue weighted by Crippen LogP contribution is -2.22. The van der Waals surface area contributed by atoms with Crippen molar-refractivity contribution >= 4 is 46.6 Å². The number of carbonyl (C=O) groups excluding carboxylic acids is 2. The lowest BCUT2D eigenvalue weighted by Gasteiger charge is -2.06. The molecule has 5 nitrogen and oxygen atoms in total. The van der Waals surface area contributed by atoms with Crippen molar-refractivity contribution in [3.05, 3.63) is 70.8 Å². The minimum absolute atomic E-state index is 0.0349. The Hall–Kier alpha value is -2.16. The molecule has 0 aliphatic rings. The third kappa shape index (κ3) is 7.76. The van der Waals surface area contributed by atoms with Crippen LogP contribution in [0.25, 0.3) is 0 Å². The van der Waals surface area contributed by atoms with Crippen molar-refractivity contribution in [1.82, 2.24) is 15.5 Å². The first kappa shape index (κ1) is 24.5. The number of Topliss-reactive ketones (excluding diaryl/α,β-unsaturated/α-hetero) is 1. The van der Waals surface area contributed by atoms with E-state index in [2.05, 4.69) is 53.6 Å². The van der Waals surface area contributed by atoms with Gasteiger partial charge >= 0.3 is 0 Å². The molecule has 2 aromatic carbocycles. The van der Waals surface area contributed by atoms with Crippen molar-refractivity contribution in [2.75, 3.05) is 12.3 Å². The Labute approximate surface area is 201 Å². The van der Waals surface area contributed by atoms with Crippen LogP contribution in [0, 0.1) is 0 Å². The zero-order valence-corrected chi connectivity index (χ0v) is 20.9. The van der Waals surface area contributed by atoms with Crippen LogP contribution in [0.4, 0.5) is 0 Å². The fourth-order valence-electron chi connectivity index (χ4n) is 2.91.